The van der Waals surface area contributed by atoms with Gasteiger partial charge in [-0.05, 0) is 151 Å². The molecule has 5 atom stereocenters. The lowest BCUT2D eigenvalue weighted by atomic mass is 10.1. The van der Waals surface area contributed by atoms with Gasteiger partial charge in [0.25, 0.3) is 23.6 Å². The van der Waals surface area contributed by atoms with Gasteiger partial charge in [0.2, 0.25) is 5.95 Å². The van der Waals surface area contributed by atoms with E-state index in [4.69, 9.17) is 101 Å². The van der Waals surface area contributed by atoms with E-state index in [2.05, 4.69) is 67.8 Å². The first-order valence-electron chi connectivity index (χ1n) is 38.5. The molecule has 0 spiro atoms. The minimum Gasteiger partial charge on any atom is -0.442 e. The van der Waals surface area contributed by atoms with Crippen molar-refractivity contribution >= 4 is 226 Å². The van der Waals surface area contributed by atoms with Crippen molar-refractivity contribution in [1.82, 2.24) is 46.5 Å². The molecule has 5 aromatic carbocycles. The molecular formula is C81H77ClF5N19O18S6. The average molecular weight is 1930 g/mol. The molecule has 4 aromatic heterocycles. The van der Waals surface area contributed by atoms with Crippen LogP contribution >= 0.6 is 84.0 Å². The second-order valence-corrected chi connectivity index (χ2v) is 32.3. The van der Waals surface area contributed by atoms with Gasteiger partial charge in [0.15, 0.2) is 16.7 Å². The third kappa shape index (κ3) is 27.8. The number of anilines is 9. The highest BCUT2D eigenvalue weighted by atomic mass is 35.5. The first-order valence-corrected chi connectivity index (χ1v) is 41.7. The number of benzene rings is 5. The number of cyclic esters (lactones) is 5. The number of carbonyl (C=O) groups excluding carboxylic acids is 10. The first kappa shape index (κ1) is 98.2. The summed E-state index contributed by atoms with van der Waals surface area (Å²) in [5.41, 5.74) is 1.28. The average Bonchev–Trinajstić information content (AvgIpc) is 1.58. The van der Waals surface area contributed by atoms with E-state index in [0.717, 1.165) is 42.5 Å². The number of imidazole rings is 1. The molecule has 130 heavy (non-hydrogen) atoms. The van der Waals surface area contributed by atoms with E-state index in [0.29, 0.717) is 97.8 Å². The second-order valence-electron chi connectivity index (χ2n) is 28.0. The van der Waals surface area contributed by atoms with Crippen molar-refractivity contribution in [2.45, 2.75) is 72.1 Å². The number of carbonyl (C=O) groups is 10. The minimum absolute atomic E-state index is 0.000799. The van der Waals surface area contributed by atoms with Gasteiger partial charge in [-0.2, -0.15) is 0 Å². The van der Waals surface area contributed by atoms with Crippen molar-refractivity contribution in [1.29, 1.82) is 0 Å². The summed E-state index contributed by atoms with van der Waals surface area (Å²) in [6.07, 6.45) is 0.991. The van der Waals surface area contributed by atoms with E-state index >= 15 is 0 Å². The van der Waals surface area contributed by atoms with Gasteiger partial charge < -0.3 is 70.3 Å². The Labute approximate surface area is 771 Å². The standard InChI is InChI=1S/C18H16ClFN4O3S.C17H15FN4O6S.C16H16FN5O3S.C16H15FN4O3S2.C14H15FN2O3S/c1-10(28)21-8-13-9-24(18(26)27-13)12-3-4-14(15(20)6-12)17(25)23-11-2-5-16(19)22-7-11;1-9(29)19-7-11-8-21(17(24)27-11)10-2-3-13(12(18)6-10)20-16(23)14-4-5-15(28-14)22(25)26;1-9(26)20-7-11-8-22(16(24)25-11)10-2-3-12(13(17)6-10)14(23)21-15-18-4-5-19-15;1-9(25)19-7-11-8-21(16(23)24-11)10-2-3-12(13(17)6-10)14(22)20-15-18-4-5-26-15;1-8(18)12-4-3-10(5-13(12)15)17-7-11(20-14(17)19)6-16-9(2)21/h2-7,13H,8-9H2,1H3,(H,21,28)(H,23,25);2-6,11H,7-8H2,1H3,(H,19,29)(H,20,23);2-6,11H,7-8H2,1H3,(H,20,26)(H2,18,19,21,23);2-6,11H,7-8H2,1H3,(H,19,25)(H,18,20,22);3-5,11H,6-7H2,1-2H3,(H,16,21)/t13-;4*11-/m00000/s1. The largest absolute Gasteiger partial charge is 0.442 e. The van der Waals surface area contributed by atoms with Crippen molar-refractivity contribution in [3.8, 4) is 0 Å². The van der Waals surface area contributed by atoms with Gasteiger partial charge in [-0.3, -0.25) is 69.2 Å². The van der Waals surface area contributed by atoms with Crippen molar-refractivity contribution in [3.63, 3.8) is 0 Å². The van der Waals surface area contributed by atoms with Crippen LogP contribution in [0.3, 0.4) is 0 Å². The zero-order valence-electron chi connectivity index (χ0n) is 68.9. The summed E-state index contributed by atoms with van der Waals surface area (Å²) >= 11 is 31.5. The lowest BCUT2D eigenvalue weighted by Gasteiger charge is -2.14. The highest BCUT2D eigenvalue weighted by molar-refractivity contribution is 7.81. The van der Waals surface area contributed by atoms with E-state index in [-0.39, 0.29) is 88.6 Å². The number of Topliss-reactive ketones (excluding diaryl/α,β-unsaturated/α-hetero) is 1. The molecule has 5 saturated heterocycles. The molecule has 5 fully saturated rings. The fourth-order valence-corrected chi connectivity index (χ4v) is 13.2. The maximum atomic E-state index is 14.5. The second kappa shape index (κ2) is 45.7. The van der Waals surface area contributed by atoms with E-state index in [1.165, 1.54) is 134 Å². The number of nitro groups is 1. The molecule has 5 aliphatic rings. The van der Waals surface area contributed by atoms with Crippen molar-refractivity contribution in [2.75, 3.05) is 111 Å². The summed E-state index contributed by atoms with van der Waals surface area (Å²) in [4.78, 5) is 153. The Kier molecular flexibility index (Phi) is 34.5. The number of nitrogens with one attached hydrogen (secondary N) is 10. The predicted octanol–water partition coefficient (Wildman–Crippen LogP) is 13.4. The quantitative estimate of drug-likeness (QED) is 0.00483. The summed E-state index contributed by atoms with van der Waals surface area (Å²) in [7, 11) is 0. The number of aromatic amines is 1. The normalized spacial score (nSPS) is 16.3. The molecule has 0 radical (unpaired) electrons. The number of pyridine rings is 1. The number of ether oxygens (including phenoxy) is 5. The third-order valence-corrected chi connectivity index (χ3v) is 19.9. The van der Waals surface area contributed by atoms with Crippen LogP contribution in [0.1, 0.15) is 93.5 Å². The first-order chi connectivity index (χ1) is 61.8. The van der Waals surface area contributed by atoms with Gasteiger partial charge in [-0.25, -0.2) is 60.9 Å². The molecule has 682 valence electrons. The zero-order chi connectivity index (χ0) is 94.3. The molecule has 49 heteroatoms. The lowest BCUT2D eigenvalue weighted by Crippen LogP contribution is -2.32. The van der Waals surface area contributed by atoms with Crippen LogP contribution in [0.25, 0.3) is 0 Å². The van der Waals surface area contributed by atoms with Crippen LogP contribution in [0.5, 0.6) is 0 Å². The fourth-order valence-electron chi connectivity index (χ4n) is 12.1. The number of nitrogens with zero attached hydrogens (tertiary/aromatic N) is 9. The number of thiocarbonyl (C=S) groups is 5. The van der Waals surface area contributed by atoms with E-state index < -0.39 is 118 Å². The third-order valence-electron chi connectivity index (χ3n) is 18.3. The van der Waals surface area contributed by atoms with Crippen LogP contribution in [0.15, 0.2) is 150 Å². The number of hydrogen-bond acceptors (Lipinski definition) is 27. The molecular weight excluding hydrogens is 1850 g/mol. The molecule has 0 saturated carbocycles. The van der Waals surface area contributed by atoms with E-state index in [9.17, 15) is 80.0 Å². The van der Waals surface area contributed by atoms with Gasteiger partial charge in [0, 0.05) is 24.0 Å². The van der Waals surface area contributed by atoms with Gasteiger partial charge in [0.1, 0.15) is 69.7 Å². The number of ketones is 1. The zero-order valence-corrected chi connectivity index (χ0v) is 74.6. The Morgan fingerprint density at radius 3 is 1.12 bits per heavy atom. The molecule has 9 aromatic rings. The van der Waals surface area contributed by atoms with E-state index in [1.54, 1.807) is 46.1 Å². The van der Waals surface area contributed by atoms with Crippen molar-refractivity contribution in [2.24, 2.45) is 0 Å². The minimum atomic E-state index is -0.855. The maximum Gasteiger partial charge on any atom is 0.433 e. The van der Waals surface area contributed by atoms with Crippen molar-refractivity contribution < 1.29 is 103 Å². The van der Waals surface area contributed by atoms with Crippen LogP contribution in [-0.4, -0.2) is 206 Å². The molecule has 0 aliphatic carbocycles. The number of furan rings is 1. The summed E-state index contributed by atoms with van der Waals surface area (Å²) in [6, 6.07) is 24.8. The summed E-state index contributed by atoms with van der Waals surface area (Å²) in [5, 5.41) is 37.3. The van der Waals surface area contributed by atoms with Crippen LogP contribution in [0, 0.1) is 39.2 Å². The number of aromatic nitrogens is 4. The Balaban J connectivity index is 0.000000169. The van der Waals surface area contributed by atoms with Gasteiger partial charge in [-0.15, -0.1) is 11.3 Å². The Bertz CT molecular complexity index is 5680. The molecule has 9 amide bonds. The molecule has 10 N–H and O–H groups in total. The molecule has 9 heterocycles. The van der Waals surface area contributed by atoms with Crippen molar-refractivity contribution in [3.05, 3.63) is 218 Å². The van der Waals surface area contributed by atoms with Crippen LogP contribution in [-0.2, 0) is 23.7 Å². The summed E-state index contributed by atoms with van der Waals surface area (Å²) in [5.74, 6) is -7.55. The smallest absolute Gasteiger partial charge is 0.433 e. The number of halogens is 6. The van der Waals surface area contributed by atoms with Gasteiger partial charge in [0.05, 0.1) is 165 Å². The van der Waals surface area contributed by atoms with Crippen LogP contribution < -0.4 is 72.4 Å². The van der Waals surface area contributed by atoms with Gasteiger partial charge in [-0.1, -0.05) is 72.7 Å². The lowest BCUT2D eigenvalue weighted by molar-refractivity contribution is -0.402. The highest BCUT2D eigenvalue weighted by Gasteiger charge is 2.39. The summed E-state index contributed by atoms with van der Waals surface area (Å²) < 4.78 is 102. The number of rotatable bonds is 25. The summed E-state index contributed by atoms with van der Waals surface area (Å²) in [6.45, 7) is 13.1. The molecule has 5 aliphatic heterocycles. The Morgan fingerprint density at radius 2 is 0.815 bits per heavy atom. The molecule has 14 rings (SSSR count). The van der Waals surface area contributed by atoms with Gasteiger partial charge >= 0.3 is 36.4 Å². The van der Waals surface area contributed by atoms with Crippen LogP contribution in [0.4, 0.5) is 103 Å². The van der Waals surface area contributed by atoms with E-state index in [1.807, 2.05) is 0 Å². The number of thiazole rings is 1. The number of H-pyrrole nitrogens is 1. The topological polar surface area (TPSA) is 452 Å². The monoisotopic (exact) mass is 1930 g/mol. The Hall–Kier alpha value is -13.9. The Morgan fingerprint density at radius 1 is 0.454 bits per heavy atom. The highest BCUT2D eigenvalue weighted by Crippen LogP contribution is 2.32. The molecule has 37 nitrogen and oxygen atoms in total. The number of amides is 9. The fraction of sp³-hybridized carbons (Fsp3) is 0.259. The molecule has 0 bridgehead atoms. The number of hydrogen-bond donors (Lipinski definition) is 10. The molecule has 0 unspecified atom stereocenters. The predicted molar refractivity (Wildman–Crippen MR) is 489 cm³/mol. The maximum absolute atomic E-state index is 14.5. The van der Waals surface area contributed by atoms with Crippen LogP contribution in [0.2, 0.25) is 5.15 Å². The SMILES string of the molecule is CC(=O)c1ccc(N2C[C@H](CNC(C)=S)OC2=O)cc1F.CC(=S)NC[C@H]1CN(c2ccc(C(=O)Nc3ccc(Cl)nc3)c(F)c2)C(=O)O1.CC(=S)NC[C@H]1CN(c2ccc(C(=O)Nc3ncc[nH]3)c(F)c2)C(=O)O1.CC(=S)NC[C@H]1CN(c2ccc(C(=O)Nc3nccs3)c(F)c2)C(=O)O1.CC(=S)NC[C@H]1CN(c2ccc(NC(=O)c3ccc([N+](=O)[O-])o3)c(F)c2)C(=O)O1.